The molecule has 0 spiro atoms. The molecular formula is C18H14N2O4S2. The van der Waals surface area contributed by atoms with Gasteiger partial charge in [-0.3, -0.25) is 14.8 Å². The van der Waals surface area contributed by atoms with E-state index in [0.717, 1.165) is 15.9 Å². The number of nitro benzene ring substituents is 1. The number of para-hydroxylation sites is 1. The van der Waals surface area contributed by atoms with Crippen LogP contribution < -0.4 is 4.72 Å². The van der Waals surface area contributed by atoms with Crippen LogP contribution in [0.2, 0.25) is 0 Å². The molecule has 1 N–H and O–H groups in total. The number of nitrogens with one attached hydrogen (secondary N) is 1. The lowest BCUT2D eigenvalue weighted by Gasteiger charge is -2.12. The molecule has 3 aromatic rings. The maximum Gasteiger partial charge on any atom is 0.270 e. The first-order valence-electron chi connectivity index (χ1n) is 7.55. The molecule has 8 heteroatoms. The Morgan fingerprint density at radius 2 is 1.58 bits per heavy atom. The minimum atomic E-state index is -3.95. The van der Waals surface area contributed by atoms with Crippen molar-refractivity contribution >= 4 is 33.2 Å². The first-order valence-corrected chi connectivity index (χ1v) is 9.85. The second-order valence-electron chi connectivity index (χ2n) is 5.27. The fraction of sp³-hybridized carbons (Fsp3) is 0. The van der Waals surface area contributed by atoms with Gasteiger partial charge < -0.3 is 0 Å². The Hall–Kier alpha value is -2.84. The zero-order valence-electron chi connectivity index (χ0n) is 13.4. The molecule has 0 aliphatic carbocycles. The number of hydrogen-bond donors (Lipinski definition) is 1. The van der Waals surface area contributed by atoms with Crippen molar-refractivity contribution in [2.45, 2.75) is 14.7 Å². The van der Waals surface area contributed by atoms with Crippen molar-refractivity contribution in [3.63, 3.8) is 0 Å². The Labute approximate surface area is 155 Å². The third-order valence-corrected chi connectivity index (χ3v) is 5.89. The summed E-state index contributed by atoms with van der Waals surface area (Å²) in [5, 5.41) is 10.9. The lowest BCUT2D eigenvalue weighted by molar-refractivity contribution is -0.385. The highest BCUT2D eigenvalue weighted by molar-refractivity contribution is 7.99. The average Bonchev–Trinajstić information content (AvgIpc) is 2.64. The summed E-state index contributed by atoms with van der Waals surface area (Å²) in [6, 6.07) is 21.5. The molecule has 3 aromatic carbocycles. The Morgan fingerprint density at radius 1 is 0.885 bits per heavy atom. The molecule has 0 unspecified atom stereocenters. The van der Waals surface area contributed by atoms with Gasteiger partial charge in [0.25, 0.3) is 15.7 Å². The van der Waals surface area contributed by atoms with E-state index in [9.17, 15) is 18.5 Å². The van der Waals surface area contributed by atoms with Gasteiger partial charge in [0.1, 0.15) is 0 Å². The molecule has 0 bridgehead atoms. The Kier molecular flexibility index (Phi) is 5.24. The van der Waals surface area contributed by atoms with Gasteiger partial charge >= 0.3 is 0 Å². The number of nitro groups is 1. The van der Waals surface area contributed by atoms with Crippen LogP contribution in [0.5, 0.6) is 0 Å². The summed E-state index contributed by atoms with van der Waals surface area (Å²) >= 11 is 1.42. The molecule has 26 heavy (non-hydrogen) atoms. The SMILES string of the molecule is O=[N+]([O-])c1cccc(S(=O)(=O)Nc2ccccc2Sc2ccccc2)c1. The summed E-state index contributed by atoms with van der Waals surface area (Å²) in [5.41, 5.74) is 0.132. The molecule has 0 fully saturated rings. The Bertz CT molecular complexity index is 1040. The van der Waals surface area contributed by atoms with Crippen LogP contribution >= 0.6 is 11.8 Å². The number of hydrogen-bond acceptors (Lipinski definition) is 5. The van der Waals surface area contributed by atoms with E-state index in [4.69, 9.17) is 0 Å². The van der Waals surface area contributed by atoms with Gasteiger partial charge in [0, 0.05) is 21.9 Å². The van der Waals surface area contributed by atoms with Gasteiger partial charge in [0.15, 0.2) is 0 Å². The van der Waals surface area contributed by atoms with Crippen LogP contribution in [0, 0.1) is 10.1 Å². The quantitative estimate of drug-likeness (QED) is 0.496. The lowest BCUT2D eigenvalue weighted by atomic mass is 10.3. The molecule has 0 aliphatic rings. The van der Waals surface area contributed by atoms with Crippen LogP contribution in [0.25, 0.3) is 0 Å². The Morgan fingerprint density at radius 3 is 2.31 bits per heavy atom. The van der Waals surface area contributed by atoms with E-state index in [0.29, 0.717) is 5.69 Å². The van der Waals surface area contributed by atoms with Crippen molar-refractivity contribution < 1.29 is 13.3 Å². The number of nitrogens with zero attached hydrogens (tertiary/aromatic N) is 1. The number of anilines is 1. The predicted molar refractivity (Wildman–Crippen MR) is 101 cm³/mol. The summed E-state index contributed by atoms with van der Waals surface area (Å²) in [5.74, 6) is 0. The number of non-ortho nitro benzene ring substituents is 1. The van der Waals surface area contributed by atoms with E-state index in [2.05, 4.69) is 4.72 Å². The van der Waals surface area contributed by atoms with E-state index in [1.54, 1.807) is 12.1 Å². The summed E-state index contributed by atoms with van der Waals surface area (Å²) in [6.45, 7) is 0. The van der Waals surface area contributed by atoms with Crippen LogP contribution in [0.1, 0.15) is 0 Å². The van der Waals surface area contributed by atoms with E-state index in [1.165, 1.54) is 30.0 Å². The average molecular weight is 386 g/mol. The van der Waals surface area contributed by atoms with Crippen molar-refractivity contribution in [2.24, 2.45) is 0 Å². The van der Waals surface area contributed by atoms with Crippen molar-refractivity contribution in [3.8, 4) is 0 Å². The molecule has 0 aromatic heterocycles. The van der Waals surface area contributed by atoms with Gasteiger partial charge in [-0.1, -0.05) is 48.2 Å². The van der Waals surface area contributed by atoms with Crippen LogP contribution in [0.3, 0.4) is 0 Å². The lowest BCUT2D eigenvalue weighted by Crippen LogP contribution is -2.13. The van der Waals surface area contributed by atoms with Crippen LogP contribution in [-0.2, 0) is 10.0 Å². The van der Waals surface area contributed by atoms with Crippen molar-refractivity contribution in [3.05, 3.63) is 89.0 Å². The van der Waals surface area contributed by atoms with Crippen molar-refractivity contribution in [1.29, 1.82) is 0 Å². The maximum absolute atomic E-state index is 12.6. The first-order chi connectivity index (χ1) is 12.5. The smallest absolute Gasteiger partial charge is 0.270 e. The van der Waals surface area contributed by atoms with Crippen molar-refractivity contribution in [2.75, 3.05) is 4.72 Å². The van der Waals surface area contributed by atoms with Gasteiger partial charge in [-0.15, -0.1) is 0 Å². The fourth-order valence-corrected chi connectivity index (χ4v) is 4.33. The minimum Gasteiger partial charge on any atom is -0.278 e. The van der Waals surface area contributed by atoms with Crippen LogP contribution in [0.4, 0.5) is 11.4 Å². The van der Waals surface area contributed by atoms with Gasteiger partial charge in [-0.2, -0.15) is 0 Å². The third kappa shape index (κ3) is 4.22. The number of sulfonamides is 1. The summed E-state index contributed by atoms with van der Waals surface area (Å²) < 4.78 is 27.8. The molecular weight excluding hydrogens is 372 g/mol. The zero-order valence-corrected chi connectivity index (χ0v) is 15.0. The van der Waals surface area contributed by atoms with E-state index >= 15 is 0 Å². The van der Waals surface area contributed by atoms with Gasteiger partial charge in [0.05, 0.1) is 15.5 Å². The third-order valence-electron chi connectivity index (χ3n) is 3.44. The molecule has 0 atom stereocenters. The maximum atomic E-state index is 12.6. The second-order valence-corrected chi connectivity index (χ2v) is 8.07. The molecule has 0 radical (unpaired) electrons. The minimum absolute atomic E-state index is 0.161. The highest BCUT2D eigenvalue weighted by atomic mass is 32.2. The van der Waals surface area contributed by atoms with E-state index in [1.807, 2.05) is 42.5 Å². The standard InChI is InChI=1S/C18H14N2O4S2/c21-20(22)14-7-6-10-16(13-14)26(23,24)19-17-11-4-5-12-18(17)25-15-8-2-1-3-9-15/h1-13,19H. The summed E-state index contributed by atoms with van der Waals surface area (Å²) in [6.07, 6.45) is 0. The van der Waals surface area contributed by atoms with E-state index in [-0.39, 0.29) is 10.6 Å². The molecule has 0 aliphatic heterocycles. The summed E-state index contributed by atoms with van der Waals surface area (Å²) in [4.78, 5) is 11.8. The molecule has 3 rings (SSSR count). The van der Waals surface area contributed by atoms with Gasteiger partial charge in [0.2, 0.25) is 0 Å². The largest absolute Gasteiger partial charge is 0.278 e. The highest BCUT2D eigenvalue weighted by Crippen LogP contribution is 2.34. The first kappa shape index (κ1) is 18.0. The van der Waals surface area contributed by atoms with Crippen LogP contribution in [-0.4, -0.2) is 13.3 Å². The zero-order chi connectivity index (χ0) is 18.6. The normalized spacial score (nSPS) is 11.1. The predicted octanol–water partition coefficient (Wildman–Crippen LogP) is 4.55. The molecule has 0 amide bonds. The van der Waals surface area contributed by atoms with E-state index < -0.39 is 14.9 Å². The van der Waals surface area contributed by atoms with Gasteiger partial charge in [-0.05, 0) is 30.3 Å². The summed E-state index contributed by atoms with van der Waals surface area (Å²) in [7, 11) is -3.95. The monoisotopic (exact) mass is 386 g/mol. The topological polar surface area (TPSA) is 89.3 Å². The molecule has 6 nitrogen and oxygen atoms in total. The highest BCUT2D eigenvalue weighted by Gasteiger charge is 2.19. The molecule has 0 heterocycles. The molecule has 132 valence electrons. The second kappa shape index (κ2) is 7.59. The van der Waals surface area contributed by atoms with Crippen LogP contribution in [0.15, 0.2) is 93.5 Å². The molecule has 0 saturated carbocycles. The molecule has 0 saturated heterocycles. The Balaban J connectivity index is 1.91. The fourth-order valence-electron chi connectivity index (χ4n) is 2.22. The number of rotatable bonds is 6. The van der Waals surface area contributed by atoms with Gasteiger partial charge in [-0.25, -0.2) is 8.42 Å². The number of benzene rings is 3. The van der Waals surface area contributed by atoms with Crippen molar-refractivity contribution in [1.82, 2.24) is 0 Å².